The molecule has 0 bridgehead atoms. The number of aliphatic hydroxyl groups excluding tert-OH is 2. The van der Waals surface area contributed by atoms with Crippen molar-refractivity contribution in [1.29, 1.82) is 0 Å². The molecule has 3 N–H and O–H groups in total. The molecule has 1 unspecified atom stereocenters. The summed E-state index contributed by atoms with van der Waals surface area (Å²) in [7, 11) is 0. The average molecular weight is 306 g/mol. The number of hydrogen-bond acceptors (Lipinski definition) is 4. The van der Waals surface area contributed by atoms with Gasteiger partial charge in [-0.15, -0.1) is 0 Å². The number of halogens is 2. The molecule has 0 aromatic heterocycles. The SMILES string of the molecule is OCC(O)[C@@H]1OCCNC[C@H]1c1ccc(Cl)c(Cl)c1. The minimum atomic E-state index is -0.917. The maximum Gasteiger partial charge on any atom is 0.104 e. The van der Waals surface area contributed by atoms with E-state index >= 15 is 0 Å². The molecule has 1 saturated heterocycles. The van der Waals surface area contributed by atoms with Gasteiger partial charge in [-0.2, -0.15) is 0 Å². The lowest BCUT2D eigenvalue weighted by Gasteiger charge is -2.28. The fourth-order valence-corrected chi connectivity index (χ4v) is 2.60. The Morgan fingerprint density at radius 3 is 2.84 bits per heavy atom. The lowest BCUT2D eigenvalue weighted by Crippen LogP contribution is -2.38. The topological polar surface area (TPSA) is 61.7 Å². The summed E-state index contributed by atoms with van der Waals surface area (Å²) in [6, 6.07) is 5.38. The molecular weight excluding hydrogens is 289 g/mol. The molecule has 1 fully saturated rings. The van der Waals surface area contributed by atoms with E-state index in [0.717, 1.165) is 5.56 Å². The molecule has 6 heteroatoms. The van der Waals surface area contributed by atoms with Gasteiger partial charge in [0.05, 0.1) is 29.4 Å². The van der Waals surface area contributed by atoms with Crippen LogP contribution >= 0.6 is 23.2 Å². The molecule has 0 aliphatic carbocycles. The largest absolute Gasteiger partial charge is 0.394 e. The Balaban J connectivity index is 2.28. The van der Waals surface area contributed by atoms with Crippen LogP contribution in [0.25, 0.3) is 0 Å². The highest BCUT2D eigenvalue weighted by atomic mass is 35.5. The van der Waals surface area contributed by atoms with E-state index in [1.165, 1.54) is 0 Å². The molecule has 3 atom stereocenters. The standard InChI is InChI=1S/C13H17Cl2NO3/c14-10-2-1-8(5-11(10)15)9-6-16-3-4-19-13(9)12(18)7-17/h1-2,5,9,12-13,16-18H,3-4,6-7H2/t9-,12?,13+/m0/s1. The van der Waals surface area contributed by atoms with Crippen LogP contribution in [0.15, 0.2) is 18.2 Å². The summed E-state index contributed by atoms with van der Waals surface area (Å²) in [6.45, 7) is 1.54. The molecule has 0 spiro atoms. The first-order valence-electron chi connectivity index (χ1n) is 6.19. The fourth-order valence-electron chi connectivity index (χ4n) is 2.29. The zero-order chi connectivity index (χ0) is 13.8. The van der Waals surface area contributed by atoms with Crippen molar-refractivity contribution in [2.24, 2.45) is 0 Å². The number of rotatable bonds is 3. The third kappa shape index (κ3) is 3.60. The summed E-state index contributed by atoms with van der Waals surface area (Å²) in [5, 5.41) is 23.3. The van der Waals surface area contributed by atoms with Crippen LogP contribution in [0.2, 0.25) is 10.0 Å². The number of ether oxygens (including phenoxy) is 1. The Hall–Kier alpha value is -0.360. The van der Waals surface area contributed by atoms with Gasteiger partial charge in [0, 0.05) is 19.0 Å². The summed E-state index contributed by atoms with van der Waals surface area (Å²) >= 11 is 11.9. The lowest BCUT2D eigenvalue weighted by atomic mass is 9.90. The lowest BCUT2D eigenvalue weighted by molar-refractivity contribution is -0.0609. The predicted molar refractivity (Wildman–Crippen MR) is 74.9 cm³/mol. The molecule has 106 valence electrons. The maximum absolute atomic E-state index is 9.90. The van der Waals surface area contributed by atoms with Gasteiger partial charge in [-0.05, 0) is 17.7 Å². The van der Waals surface area contributed by atoms with E-state index in [2.05, 4.69) is 5.32 Å². The Bertz CT molecular complexity index is 430. The highest BCUT2D eigenvalue weighted by Gasteiger charge is 2.31. The second-order valence-corrected chi connectivity index (χ2v) is 5.38. The van der Waals surface area contributed by atoms with Gasteiger partial charge in [0.2, 0.25) is 0 Å². The molecule has 19 heavy (non-hydrogen) atoms. The Morgan fingerprint density at radius 2 is 2.16 bits per heavy atom. The molecule has 0 amide bonds. The highest BCUT2D eigenvalue weighted by Crippen LogP contribution is 2.30. The normalized spacial score (nSPS) is 25.9. The molecule has 0 saturated carbocycles. The molecule has 1 aliphatic rings. The fraction of sp³-hybridized carbons (Fsp3) is 0.538. The van der Waals surface area contributed by atoms with Crippen molar-refractivity contribution >= 4 is 23.2 Å². The zero-order valence-electron chi connectivity index (χ0n) is 10.4. The van der Waals surface area contributed by atoms with Crippen molar-refractivity contribution in [3.8, 4) is 0 Å². The van der Waals surface area contributed by atoms with Crippen LogP contribution in [0.1, 0.15) is 11.5 Å². The van der Waals surface area contributed by atoms with Crippen LogP contribution in [0.4, 0.5) is 0 Å². The maximum atomic E-state index is 9.90. The summed E-state index contributed by atoms with van der Waals surface area (Å²) in [4.78, 5) is 0. The molecule has 4 nitrogen and oxygen atoms in total. The molecule has 1 aromatic carbocycles. The monoisotopic (exact) mass is 305 g/mol. The third-order valence-electron chi connectivity index (χ3n) is 3.29. The Kier molecular flexibility index (Phi) is 5.45. The zero-order valence-corrected chi connectivity index (χ0v) is 11.9. The van der Waals surface area contributed by atoms with E-state index in [9.17, 15) is 5.11 Å². The van der Waals surface area contributed by atoms with Crippen molar-refractivity contribution in [3.05, 3.63) is 33.8 Å². The van der Waals surface area contributed by atoms with Crippen molar-refractivity contribution in [3.63, 3.8) is 0 Å². The smallest absolute Gasteiger partial charge is 0.104 e. The first-order chi connectivity index (χ1) is 9.13. The van der Waals surface area contributed by atoms with E-state index in [1.807, 2.05) is 6.07 Å². The number of aliphatic hydroxyl groups is 2. The first-order valence-corrected chi connectivity index (χ1v) is 6.95. The van der Waals surface area contributed by atoms with Crippen LogP contribution in [0, 0.1) is 0 Å². The van der Waals surface area contributed by atoms with Gasteiger partial charge in [-0.25, -0.2) is 0 Å². The van der Waals surface area contributed by atoms with Crippen LogP contribution < -0.4 is 5.32 Å². The summed E-state index contributed by atoms with van der Waals surface area (Å²) in [5.41, 5.74) is 0.932. The van der Waals surface area contributed by atoms with Crippen LogP contribution in [0.3, 0.4) is 0 Å². The van der Waals surface area contributed by atoms with Gasteiger partial charge in [0.25, 0.3) is 0 Å². The molecule has 1 aromatic rings. The molecule has 1 heterocycles. The van der Waals surface area contributed by atoms with Gasteiger partial charge >= 0.3 is 0 Å². The molecule has 0 radical (unpaired) electrons. The quantitative estimate of drug-likeness (QED) is 0.790. The number of nitrogens with one attached hydrogen (secondary N) is 1. The first kappa shape index (κ1) is 15.0. The van der Waals surface area contributed by atoms with Gasteiger partial charge in [0.15, 0.2) is 0 Å². The minimum absolute atomic E-state index is 0.0839. The van der Waals surface area contributed by atoms with E-state index in [0.29, 0.717) is 29.7 Å². The van der Waals surface area contributed by atoms with Crippen LogP contribution in [-0.2, 0) is 4.74 Å². The average Bonchev–Trinajstić information content (AvgIpc) is 2.66. The van der Waals surface area contributed by atoms with Crippen molar-refractivity contribution in [2.45, 2.75) is 18.1 Å². The van der Waals surface area contributed by atoms with E-state index < -0.39 is 12.2 Å². The molecular formula is C13H17Cl2NO3. The number of benzene rings is 1. The van der Waals surface area contributed by atoms with Gasteiger partial charge in [-0.1, -0.05) is 29.3 Å². The molecule has 1 aliphatic heterocycles. The van der Waals surface area contributed by atoms with Crippen molar-refractivity contribution < 1.29 is 14.9 Å². The van der Waals surface area contributed by atoms with Gasteiger partial charge in [0.1, 0.15) is 6.10 Å². The minimum Gasteiger partial charge on any atom is -0.394 e. The van der Waals surface area contributed by atoms with Crippen molar-refractivity contribution in [1.82, 2.24) is 5.32 Å². The third-order valence-corrected chi connectivity index (χ3v) is 4.03. The molecule has 2 rings (SSSR count). The second kappa shape index (κ2) is 6.88. The van der Waals surface area contributed by atoms with Crippen LogP contribution in [0.5, 0.6) is 0 Å². The second-order valence-electron chi connectivity index (χ2n) is 4.57. The number of hydrogen-bond donors (Lipinski definition) is 3. The van der Waals surface area contributed by atoms with Gasteiger partial charge < -0.3 is 20.3 Å². The van der Waals surface area contributed by atoms with Crippen LogP contribution in [-0.4, -0.2) is 48.7 Å². The summed E-state index contributed by atoms with van der Waals surface area (Å²) < 4.78 is 5.64. The van der Waals surface area contributed by atoms with Crippen molar-refractivity contribution in [2.75, 3.05) is 26.3 Å². The van der Waals surface area contributed by atoms with E-state index in [1.54, 1.807) is 12.1 Å². The Labute approximate surface area is 122 Å². The summed E-state index contributed by atoms with van der Waals surface area (Å²) in [5.74, 6) is -0.0839. The van der Waals surface area contributed by atoms with E-state index in [-0.39, 0.29) is 12.5 Å². The predicted octanol–water partition coefficient (Wildman–Crippen LogP) is 1.42. The Morgan fingerprint density at radius 1 is 1.37 bits per heavy atom. The van der Waals surface area contributed by atoms with Gasteiger partial charge in [-0.3, -0.25) is 0 Å². The van der Waals surface area contributed by atoms with E-state index in [4.69, 9.17) is 33.0 Å². The highest BCUT2D eigenvalue weighted by molar-refractivity contribution is 6.42. The summed E-state index contributed by atoms with van der Waals surface area (Å²) in [6.07, 6.45) is -1.38.